The molecule has 0 fully saturated rings. The van der Waals surface area contributed by atoms with Crippen LogP contribution in [0.3, 0.4) is 0 Å². The number of rotatable bonds is 5. The molecule has 0 aliphatic rings. The zero-order chi connectivity index (χ0) is 18.5. The Bertz CT molecular complexity index is 904. The first-order valence-electron chi connectivity index (χ1n) is 8.17. The lowest BCUT2D eigenvalue weighted by Gasteiger charge is -2.15. The normalized spacial score (nSPS) is 10.4. The second kappa shape index (κ2) is 7.93. The molecule has 3 rings (SSSR count). The molecule has 3 aromatic rings. The van der Waals surface area contributed by atoms with E-state index in [2.05, 4.69) is 10.3 Å². The van der Waals surface area contributed by atoms with Gasteiger partial charge in [-0.3, -0.25) is 9.59 Å². The van der Waals surface area contributed by atoms with E-state index in [1.165, 1.54) is 23.8 Å². The summed E-state index contributed by atoms with van der Waals surface area (Å²) in [6, 6.07) is 17.2. The lowest BCUT2D eigenvalue weighted by atomic mass is 10.2. The van der Waals surface area contributed by atoms with Crippen LogP contribution >= 0.6 is 11.3 Å². The number of amides is 2. The summed E-state index contributed by atoms with van der Waals surface area (Å²) in [5.74, 6) is -0.288. The Hall–Kier alpha value is -2.99. The van der Waals surface area contributed by atoms with Crippen molar-refractivity contribution in [2.75, 3.05) is 17.3 Å². The van der Waals surface area contributed by atoms with Gasteiger partial charge < -0.3 is 10.2 Å². The fourth-order valence-corrected chi connectivity index (χ4v) is 3.22. The molecule has 26 heavy (non-hydrogen) atoms. The maximum absolute atomic E-state index is 12.4. The molecule has 2 aromatic carbocycles. The summed E-state index contributed by atoms with van der Waals surface area (Å²) in [4.78, 5) is 29.7. The minimum Gasteiger partial charge on any atom is -0.321 e. The molecule has 132 valence electrons. The van der Waals surface area contributed by atoms with E-state index < -0.39 is 0 Å². The standard InChI is InChI=1S/C20H19N3O2S/c1-14(24)23(2)17-10-8-16(9-11-17)21-20(25)18-13-26-19(22-18)12-15-6-4-3-5-7-15/h3-11,13H,12H2,1-2H3,(H,21,25). The van der Waals surface area contributed by atoms with Gasteiger partial charge in [0.25, 0.3) is 5.91 Å². The summed E-state index contributed by atoms with van der Waals surface area (Å²) < 4.78 is 0. The fraction of sp³-hybridized carbons (Fsp3) is 0.150. The molecule has 0 unspecified atom stereocenters. The summed E-state index contributed by atoms with van der Waals surface area (Å²) >= 11 is 1.48. The van der Waals surface area contributed by atoms with Crippen LogP contribution in [0.4, 0.5) is 11.4 Å². The third-order valence-corrected chi connectivity index (χ3v) is 4.82. The Morgan fingerprint density at radius 1 is 1.08 bits per heavy atom. The highest BCUT2D eigenvalue weighted by Gasteiger charge is 2.12. The molecule has 1 heterocycles. The van der Waals surface area contributed by atoms with Gasteiger partial charge in [0.2, 0.25) is 5.91 Å². The largest absolute Gasteiger partial charge is 0.321 e. The molecule has 0 aliphatic heterocycles. The number of carbonyl (C=O) groups excluding carboxylic acids is 2. The summed E-state index contributed by atoms with van der Waals surface area (Å²) in [5.41, 5.74) is 3.01. The number of hydrogen-bond acceptors (Lipinski definition) is 4. The first kappa shape index (κ1) is 17.8. The van der Waals surface area contributed by atoms with E-state index in [9.17, 15) is 9.59 Å². The maximum Gasteiger partial charge on any atom is 0.275 e. The van der Waals surface area contributed by atoms with Gasteiger partial charge in [-0.2, -0.15) is 0 Å². The molecular formula is C20H19N3O2S. The van der Waals surface area contributed by atoms with Gasteiger partial charge in [-0.25, -0.2) is 4.98 Å². The molecule has 0 saturated heterocycles. The molecule has 6 heteroatoms. The topological polar surface area (TPSA) is 62.3 Å². The van der Waals surface area contributed by atoms with Crippen LogP contribution in [0, 0.1) is 0 Å². The van der Waals surface area contributed by atoms with E-state index in [0.29, 0.717) is 17.8 Å². The van der Waals surface area contributed by atoms with Gasteiger partial charge in [0.1, 0.15) is 5.69 Å². The van der Waals surface area contributed by atoms with Gasteiger partial charge >= 0.3 is 0 Å². The predicted octanol–water partition coefficient (Wildman–Crippen LogP) is 3.97. The molecule has 0 spiro atoms. The van der Waals surface area contributed by atoms with Crippen LogP contribution in [-0.4, -0.2) is 23.8 Å². The van der Waals surface area contributed by atoms with Gasteiger partial charge in [0.15, 0.2) is 0 Å². The van der Waals surface area contributed by atoms with Gasteiger partial charge in [-0.15, -0.1) is 11.3 Å². The zero-order valence-corrected chi connectivity index (χ0v) is 15.4. The van der Waals surface area contributed by atoms with Crippen LogP contribution in [0.2, 0.25) is 0 Å². The number of carbonyl (C=O) groups is 2. The van der Waals surface area contributed by atoms with E-state index in [4.69, 9.17) is 0 Å². The minimum absolute atomic E-state index is 0.0461. The van der Waals surface area contributed by atoms with Crippen molar-refractivity contribution >= 4 is 34.5 Å². The zero-order valence-electron chi connectivity index (χ0n) is 14.6. The van der Waals surface area contributed by atoms with E-state index in [0.717, 1.165) is 10.7 Å². The molecule has 0 aliphatic carbocycles. The van der Waals surface area contributed by atoms with Crippen LogP contribution in [0.25, 0.3) is 0 Å². The smallest absolute Gasteiger partial charge is 0.275 e. The predicted molar refractivity (Wildman–Crippen MR) is 105 cm³/mol. The lowest BCUT2D eigenvalue weighted by molar-refractivity contribution is -0.116. The van der Waals surface area contributed by atoms with E-state index in [-0.39, 0.29) is 11.8 Å². The first-order chi connectivity index (χ1) is 12.5. The number of thiazole rings is 1. The summed E-state index contributed by atoms with van der Waals surface area (Å²) in [6.45, 7) is 1.50. The van der Waals surface area contributed by atoms with Gasteiger partial charge in [-0.05, 0) is 29.8 Å². The van der Waals surface area contributed by atoms with Crippen molar-refractivity contribution in [3.63, 3.8) is 0 Å². The Kier molecular flexibility index (Phi) is 5.43. The monoisotopic (exact) mass is 365 g/mol. The van der Waals surface area contributed by atoms with Crippen LogP contribution in [0.1, 0.15) is 28.0 Å². The third-order valence-electron chi connectivity index (χ3n) is 3.97. The molecule has 0 bridgehead atoms. The Balaban J connectivity index is 1.64. The van der Waals surface area contributed by atoms with Gasteiger partial charge in [0.05, 0.1) is 5.01 Å². The fourth-order valence-electron chi connectivity index (χ4n) is 2.41. The molecular weight excluding hydrogens is 346 g/mol. The Labute approximate surface area is 156 Å². The lowest BCUT2D eigenvalue weighted by Crippen LogP contribution is -2.22. The van der Waals surface area contributed by atoms with Crippen LogP contribution in [0.15, 0.2) is 60.0 Å². The van der Waals surface area contributed by atoms with Crippen LogP contribution < -0.4 is 10.2 Å². The van der Waals surface area contributed by atoms with Gasteiger partial charge in [-0.1, -0.05) is 30.3 Å². The van der Waals surface area contributed by atoms with Gasteiger partial charge in [0, 0.05) is 37.1 Å². The molecule has 1 N–H and O–H groups in total. The third kappa shape index (κ3) is 4.34. The average molecular weight is 365 g/mol. The molecule has 0 radical (unpaired) electrons. The van der Waals surface area contributed by atoms with Crippen LogP contribution in [0.5, 0.6) is 0 Å². The second-order valence-corrected chi connectivity index (χ2v) is 6.81. The SMILES string of the molecule is CC(=O)N(C)c1ccc(NC(=O)c2csc(Cc3ccccc3)n2)cc1. The van der Waals surface area contributed by atoms with Crippen molar-refractivity contribution in [1.29, 1.82) is 0 Å². The number of aromatic nitrogens is 1. The van der Waals surface area contributed by atoms with Crippen molar-refractivity contribution in [1.82, 2.24) is 4.98 Å². The maximum atomic E-state index is 12.4. The molecule has 0 atom stereocenters. The van der Waals surface area contributed by atoms with Crippen LogP contribution in [-0.2, 0) is 11.2 Å². The second-order valence-electron chi connectivity index (χ2n) is 5.87. The number of hydrogen-bond donors (Lipinski definition) is 1. The van der Waals surface area contributed by atoms with E-state index in [1.54, 1.807) is 41.6 Å². The quantitative estimate of drug-likeness (QED) is 0.744. The highest BCUT2D eigenvalue weighted by Crippen LogP contribution is 2.19. The van der Waals surface area contributed by atoms with Crippen molar-refractivity contribution in [3.8, 4) is 0 Å². The number of nitrogens with one attached hydrogen (secondary N) is 1. The molecule has 0 saturated carbocycles. The highest BCUT2D eigenvalue weighted by molar-refractivity contribution is 7.09. The summed E-state index contributed by atoms with van der Waals surface area (Å²) in [5, 5.41) is 5.50. The van der Waals surface area contributed by atoms with Crippen molar-refractivity contribution < 1.29 is 9.59 Å². The minimum atomic E-state index is -0.242. The van der Waals surface area contributed by atoms with Crippen molar-refractivity contribution in [2.45, 2.75) is 13.3 Å². The van der Waals surface area contributed by atoms with E-state index in [1.807, 2.05) is 30.3 Å². The molecule has 2 amide bonds. The van der Waals surface area contributed by atoms with Crippen molar-refractivity contribution in [3.05, 3.63) is 76.2 Å². The van der Waals surface area contributed by atoms with E-state index >= 15 is 0 Å². The molecule has 1 aromatic heterocycles. The van der Waals surface area contributed by atoms with Crippen molar-refractivity contribution in [2.24, 2.45) is 0 Å². The summed E-state index contributed by atoms with van der Waals surface area (Å²) in [7, 11) is 1.71. The summed E-state index contributed by atoms with van der Waals surface area (Å²) in [6.07, 6.45) is 0.713. The number of nitrogens with zero attached hydrogens (tertiary/aromatic N) is 2. The average Bonchev–Trinajstić information content (AvgIpc) is 3.11. The Morgan fingerprint density at radius 3 is 2.42 bits per heavy atom. The number of anilines is 2. The highest BCUT2D eigenvalue weighted by atomic mass is 32.1. The first-order valence-corrected chi connectivity index (χ1v) is 9.05. The molecule has 5 nitrogen and oxygen atoms in total. The Morgan fingerprint density at radius 2 is 1.77 bits per heavy atom. The number of benzene rings is 2.